The summed E-state index contributed by atoms with van der Waals surface area (Å²) in [6.07, 6.45) is 2.42. The highest BCUT2D eigenvalue weighted by atomic mass is 32.2. The van der Waals surface area contributed by atoms with Crippen LogP contribution in [-0.4, -0.2) is 51.8 Å². The summed E-state index contributed by atoms with van der Waals surface area (Å²) in [4.78, 5) is 41.0. The van der Waals surface area contributed by atoms with Gasteiger partial charge in [-0.1, -0.05) is 98.4 Å². The lowest BCUT2D eigenvalue weighted by atomic mass is 10.1. The van der Waals surface area contributed by atoms with Crippen LogP contribution in [0.15, 0.2) is 159 Å². The Labute approximate surface area is 473 Å². The Hall–Kier alpha value is -5.86. The topological polar surface area (TPSA) is 269 Å². The second-order valence-electron chi connectivity index (χ2n) is 16.8. The summed E-state index contributed by atoms with van der Waals surface area (Å²) >= 11 is 2.94. The summed E-state index contributed by atoms with van der Waals surface area (Å²) in [7, 11) is 6.37. The number of rotatable bonds is 24. The van der Waals surface area contributed by atoms with Crippen molar-refractivity contribution in [2.75, 3.05) is 28.4 Å². The number of hydrogen-bond donors (Lipinski definition) is 5. The Morgan fingerprint density at radius 2 is 0.859 bits per heavy atom. The number of Topliss-reactive ketones (excluding diaryl/α,β-unsaturated/α-hetero) is 2. The highest BCUT2D eigenvalue weighted by Crippen LogP contribution is 2.33. The minimum Gasteiger partial charge on any atom is -0.497 e. The molecule has 0 unspecified atom stereocenters. The predicted octanol–water partition coefficient (Wildman–Crippen LogP) is 11.5. The van der Waals surface area contributed by atoms with E-state index < -0.39 is 0 Å². The average molecular weight is 1140 g/mol. The lowest BCUT2D eigenvalue weighted by Gasteiger charge is -2.11. The van der Waals surface area contributed by atoms with E-state index in [0.29, 0.717) is 35.0 Å². The van der Waals surface area contributed by atoms with Gasteiger partial charge in [-0.25, -0.2) is 0 Å². The number of benzene rings is 6. The van der Waals surface area contributed by atoms with Crippen molar-refractivity contribution in [3.63, 3.8) is 0 Å². The zero-order valence-corrected chi connectivity index (χ0v) is 47.7. The van der Waals surface area contributed by atoms with E-state index >= 15 is 0 Å². The van der Waals surface area contributed by atoms with Crippen molar-refractivity contribution in [2.24, 2.45) is 34.2 Å². The van der Waals surface area contributed by atoms with Gasteiger partial charge in [-0.05, 0) is 130 Å². The number of methoxy groups -OCH3 is 4. The van der Waals surface area contributed by atoms with Crippen molar-refractivity contribution in [3.05, 3.63) is 173 Å². The Bertz CT molecular complexity index is 2620. The molecule has 18 nitrogen and oxygen atoms in total. The van der Waals surface area contributed by atoms with Gasteiger partial charge in [0.15, 0.2) is 0 Å². The van der Waals surface area contributed by atoms with E-state index in [1.807, 2.05) is 136 Å². The Morgan fingerprint density at radius 3 is 1.22 bits per heavy atom. The molecule has 6 aromatic rings. The first kappa shape index (κ1) is 70.2. The zero-order valence-electron chi connectivity index (χ0n) is 45.3. The molecule has 0 saturated heterocycles. The molecule has 78 heavy (non-hydrogen) atoms. The molecule has 0 saturated carbocycles. The third-order valence-electron chi connectivity index (χ3n) is 10.3. The first-order valence-corrected chi connectivity index (χ1v) is 26.1. The van der Waals surface area contributed by atoms with Gasteiger partial charge < -0.3 is 30.4 Å². The summed E-state index contributed by atoms with van der Waals surface area (Å²) in [6, 6.07) is 45.3. The van der Waals surface area contributed by atoms with E-state index in [0.717, 1.165) is 92.5 Å². The Morgan fingerprint density at radius 1 is 0.487 bits per heavy atom. The van der Waals surface area contributed by atoms with Gasteiger partial charge in [-0.15, -0.1) is 28.0 Å². The summed E-state index contributed by atoms with van der Waals surface area (Å²) in [5, 5.41) is 0. The highest BCUT2D eigenvalue weighted by molar-refractivity contribution is 7.95. The maximum atomic E-state index is 11.0. The maximum absolute atomic E-state index is 11.0. The molecule has 21 heteroatoms. The molecule has 0 radical (unpaired) electrons. The number of carbonyl (C=O) groups excluding carboxylic acids is 2. The van der Waals surface area contributed by atoms with E-state index in [4.69, 9.17) is 57.4 Å². The fourth-order valence-corrected chi connectivity index (χ4v) is 8.44. The van der Waals surface area contributed by atoms with E-state index in [2.05, 4.69) is 42.7 Å². The molecular weight excluding hydrogens is 1060 g/mol. The van der Waals surface area contributed by atoms with Crippen LogP contribution >= 0.6 is 36.1 Å². The molecule has 0 amide bonds. The van der Waals surface area contributed by atoms with Gasteiger partial charge in [0.05, 0.1) is 85.3 Å². The average Bonchev–Trinajstić information content (AvgIpc) is 3.42. The normalized spacial score (nSPS) is 11.6. The summed E-state index contributed by atoms with van der Waals surface area (Å²) < 4.78 is 34.5. The zero-order chi connectivity index (χ0) is 57.0. The maximum Gasteiger partial charge on any atom is 0.134 e. The minimum atomic E-state index is 0. The molecule has 3 atom stereocenters. The van der Waals surface area contributed by atoms with Crippen molar-refractivity contribution in [1.82, 2.24) is 0 Å². The number of nitrogens with two attached hydrogens (primary N) is 5. The van der Waals surface area contributed by atoms with Crippen LogP contribution in [0.1, 0.15) is 94.4 Å². The molecule has 0 spiro atoms. The lowest BCUT2D eigenvalue weighted by molar-refractivity contribution is -0.195. The first-order valence-electron chi connectivity index (χ1n) is 23.9. The van der Waals surface area contributed by atoms with Crippen molar-refractivity contribution < 1.29 is 56.5 Å². The number of ketones is 2. The second kappa shape index (κ2) is 41.2. The molecule has 0 aromatic heterocycles. The SMILES string of the molecule is C.COc1ccc(CC(C)=N[C@H](C)c2ccccc2)cc1SOON.COc1ccc(CC(C)=O)cc1.COc1ccc(CC(C)=O)cc1SOON.COc1ccc(C[C@@H](C)N)cc1SOON.C[C@H](N)c1ccccc1. The number of aliphatic imine (C=N–C) groups is 1. The minimum absolute atomic E-state index is 0. The predicted molar refractivity (Wildman–Crippen MR) is 312 cm³/mol. The molecule has 426 valence electrons. The van der Waals surface area contributed by atoms with Gasteiger partial charge >= 0.3 is 0 Å². The second-order valence-corrected chi connectivity index (χ2v) is 19.0. The third kappa shape index (κ3) is 29.2. The number of hydrogen-bond acceptors (Lipinski definition) is 21. The lowest BCUT2D eigenvalue weighted by Crippen LogP contribution is -2.17. The summed E-state index contributed by atoms with van der Waals surface area (Å²) in [5.41, 5.74) is 18.9. The Kier molecular flexibility index (Phi) is 37.1. The van der Waals surface area contributed by atoms with Gasteiger partial charge in [-0.2, -0.15) is 17.7 Å². The monoisotopic (exact) mass is 1130 g/mol. The van der Waals surface area contributed by atoms with E-state index in [1.165, 1.54) is 18.1 Å². The van der Waals surface area contributed by atoms with Crippen LogP contribution < -0.4 is 48.1 Å². The molecule has 0 heterocycles. The fourth-order valence-electron chi connectivity index (χ4n) is 6.80. The van der Waals surface area contributed by atoms with Crippen LogP contribution in [0.5, 0.6) is 23.0 Å². The largest absolute Gasteiger partial charge is 0.497 e. The van der Waals surface area contributed by atoms with Crippen molar-refractivity contribution in [3.8, 4) is 23.0 Å². The van der Waals surface area contributed by atoms with Crippen molar-refractivity contribution >= 4 is 53.4 Å². The van der Waals surface area contributed by atoms with Gasteiger partial charge in [-0.3, -0.25) is 14.6 Å². The molecule has 0 aliphatic heterocycles. The summed E-state index contributed by atoms with van der Waals surface area (Å²) in [5.74, 6) is 17.6. The third-order valence-corrected chi connectivity index (χ3v) is 12.2. The van der Waals surface area contributed by atoms with Crippen LogP contribution in [0.3, 0.4) is 0 Å². The number of nitrogens with zero attached hydrogens (tertiary/aromatic N) is 1. The molecule has 10 N–H and O–H groups in total. The quantitative estimate of drug-likeness (QED) is 0.0163. The van der Waals surface area contributed by atoms with Crippen molar-refractivity contribution in [2.45, 2.75) is 107 Å². The van der Waals surface area contributed by atoms with E-state index in [-0.39, 0.29) is 37.1 Å². The summed E-state index contributed by atoms with van der Waals surface area (Å²) in [6.45, 7) is 11.2. The van der Waals surface area contributed by atoms with Crippen molar-refractivity contribution in [1.29, 1.82) is 0 Å². The van der Waals surface area contributed by atoms with E-state index in [1.54, 1.807) is 47.5 Å². The molecule has 0 aliphatic rings. The van der Waals surface area contributed by atoms with Crippen LogP contribution in [0.25, 0.3) is 0 Å². The smallest absolute Gasteiger partial charge is 0.134 e. The standard InChI is InChI=1S/C18H22N2O3S.C10H16N2O3S.C10H13NO4S.C10H12O2.C8H11N.CH4/c1-13(20-14(2)16-7-5-4-6-8-16)11-15-9-10-17(21-3)18(12-15)24-23-22-19;1-7(11)5-8-3-4-9(13-2)10(6-8)16-15-14-12;1-7(12)5-8-3-4-9(13-2)10(6-8)16-15-14-11;1-8(11)7-9-3-5-10(12-2)6-4-9;1-7(9)8-5-3-2-4-6-8;/h4-10,12,14H,11,19H2,1-3H3;3-4,6-7H,5,11-12H2,1-2H3;3-4,6H,5,11H2,1-2H3;3-6H,7H2,1-2H3;2-7H,9H2,1H3;1H4/t14-;7-;;;7-;/m11..0./s1. The highest BCUT2D eigenvalue weighted by Gasteiger charge is 2.11. The molecule has 0 aliphatic carbocycles. The van der Waals surface area contributed by atoms with Gasteiger partial charge in [0, 0.05) is 37.1 Å². The van der Waals surface area contributed by atoms with Crippen LogP contribution in [0, 0.1) is 0 Å². The number of ether oxygens (including phenoxy) is 4. The molecule has 6 rings (SSSR count). The van der Waals surface area contributed by atoms with Crippen LogP contribution in [0.4, 0.5) is 0 Å². The van der Waals surface area contributed by atoms with Crippen LogP contribution in [-0.2, 0) is 63.2 Å². The molecular formula is C57H78N6O12S3. The van der Waals surface area contributed by atoms with Gasteiger partial charge in [0.25, 0.3) is 0 Å². The van der Waals surface area contributed by atoms with E-state index in [9.17, 15) is 9.59 Å². The number of carbonyl (C=O) groups is 2. The van der Waals surface area contributed by atoms with Gasteiger partial charge in [0.1, 0.15) is 34.6 Å². The first-order chi connectivity index (χ1) is 37.0. The van der Waals surface area contributed by atoms with Gasteiger partial charge in [0.2, 0.25) is 0 Å². The fraction of sp³-hybridized carbons (Fsp3) is 0.316. The van der Waals surface area contributed by atoms with Crippen LogP contribution in [0.2, 0.25) is 0 Å². The molecule has 6 aromatic carbocycles. The molecule has 0 fully saturated rings. The Balaban J connectivity index is 0.000000504. The molecule has 0 bridgehead atoms.